The quantitative estimate of drug-likeness (QED) is 0.495. The van der Waals surface area contributed by atoms with Gasteiger partial charge in [0.2, 0.25) is 0 Å². The number of rotatable bonds is 4. The van der Waals surface area contributed by atoms with Gasteiger partial charge in [0.15, 0.2) is 5.69 Å². The highest BCUT2D eigenvalue weighted by Crippen LogP contribution is 2.23. The summed E-state index contributed by atoms with van der Waals surface area (Å²) in [5, 5.41) is 8.98. The Morgan fingerprint density at radius 2 is 1.96 bits per heavy atom. The molecule has 26 heavy (non-hydrogen) atoms. The third-order valence-electron chi connectivity index (χ3n) is 3.87. The molecule has 0 fully saturated rings. The van der Waals surface area contributed by atoms with Gasteiger partial charge in [-0.15, -0.1) is 16.4 Å². The molecule has 2 aromatic carbocycles. The van der Waals surface area contributed by atoms with Crippen molar-refractivity contribution in [3.8, 4) is 5.69 Å². The first-order valence-electron chi connectivity index (χ1n) is 7.89. The third-order valence-corrected chi connectivity index (χ3v) is 5.56. The molecular formula is C18H14BrN5OS. The number of carbonyl (C=O) groups is 1. The Bertz CT molecular complexity index is 1060. The summed E-state index contributed by atoms with van der Waals surface area (Å²) in [7, 11) is 1.74. The van der Waals surface area contributed by atoms with Crippen LogP contribution in [0.5, 0.6) is 0 Å². The second-order valence-corrected chi connectivity index (χ2v) is 7.71. The van der Waals surface area contributed by atoms with Crippen molar-refractivity contribution in [3.63, 3.8) is 0 Å². The van der Waals surface area contributed by atoms with Crippen LogP contribution in [0.2, 0.25) is 0 Å². The van der Waals surface area contributed by atoms with Crippen LogP contribution in [0.25, 0.3) is 15.9 Å². The van der Waals surface area contributed by atoms with E-state index in [2.05, 4.69) is 31.2 Å². The number of fused-ring (bicyclic) bond motifs is 1. The first-order chi connectivity index (χ1) is 12.6. The summed E-state index contributed by atoms with van der Waals surface area (Å²) >= 11 is 5.07. The van der Waals surface area contributed by atoms with Gasteiger partial charge < -0.3 is 4.90 Å². The average molecular weight is 428 g/mol. The molecular weight excluding hydrogens is 414 g/mol. The molecule has 0 unspecified atom stereocenters. The number of hydrogen-bond donors (Lipinski definition) is 0. The zero-order valence-electron chi connectivity index (χ0n) is 13.8. The maximum atomic E-state index is 12.7. The number of hydrogen-bond acceptors (Lipinski definition) is 5. The van der Waals surface area contributed by atoms with Crippen molar-refractivity contribution in [1.29, 1.82) is 0 Å². The van der Waals surface area contributed by atoms with Crippen molar-refractivity contribution >= 4 is 43.4 Å². The molecule has 8 heteroatoms. The molecule has 0 radical (unpaired) electrons. The monoisotopic (exact) mass is 427 g/mol. The summed E-state index contributed by atoms with van der Waals surface area (Å²) < 4.78 is 3.58. The number of thiazole rings is 1. The van der Waals surface area contributed by atoms with E-state index >= 15 is 0 Å². The minimum absolute atomic E-state index is 0.192. The van der Waals surface area contributed by atoms with E-state index in [1.165, 1.54) is 0 Å². The van der Waals surface area contributed by atoms with Crippen LogP contribution >= 0.6 is 27.3 Å². The maximum absolute atomic E-state index is 12.7. The molecule has 0 spiro atoms. The fraction of sp³-hybridized carbons (Fsp3) is 0.111. The van der Waals surface area contributed by atoms with Crippen LogP contribution in [-0.2, 0) is 6.54 Å². The molecule has 0 aliphatic heterocycles. The van der Waals surface area contributed by atoms with Crippen LogP contribution in [0, 0.1) is 0 Å². The third kappa shape index (κ3) is 3.25. The molecule has 0 bridgehead atoms. The number of carbonyl (C=O) groups excluding carboxylic acids is 1. The van der Waals surface area contributed by atoms with Crippen LogP contribution in [0.1, 0.15) is 15.5 Å². The Morgan fingerprint density at radius 3 is 2.77 bits per heavy atom. The highest BCUT2D eigenvalue weighted by atomic mass is 79.9. The smallest absolute Gasteiger partial charge is 0.276 e. The Labute approximate surface area is 162 Å². The highest BCUT2D eigenvalue weighted by molar-refractivity contribution is 9.10. The van der Waals surface area contributed by atoms with Crippen LogP contribution in [0.3, 0.4) is 0 Å². The molecule has 130 valence electrons. The summed E-state index contributed by atoms with van der Waals surface area (Å²) in [6, 6.07) is 15.6. The van der Waals surface area contributed by atoms with Crippen molar-refractivity contribution in [3.05, 3.63) is 69.9 Å². The summed E-state index contributed by atoms with van der Waals surface area (Å²) in [6.45, 7) is 0.431. The van der Waals surface area contributed by atoms with E-state index in [-0.39, 0.29) is 5.91 Å². The number of benzene rings is 2. The van der Waals surface area contributed by atoms with E-state index in [9.17, 15) is 4.79 Å². The lowest BCUT2D eigenvalue weighted by molar-refractivity contribution is 0.0779. The topological polar surface area (TPSA) is 63.9 Å². The van der Waals surface area contributed by atoms with Gasteiger partial charge in [-0.25, -0.2) is 9.67 Å². The summed E-state index contributed by atoms with van der Waals surface area (Å²) in [5.74, 6) is -0.192. The minimum atomic E-state index is -0.192. The zero-order chi connectivity index (χ0) is 18.1. The largest absolute Gasteiger partial charge is 0.333 e. The van der Waals surface area contributed by atoms with E-state index < -0.39 is 0 Å². The summed E-state index contributed by atoms with van der Waals surface area (Å²) in [4.78, 5) is 18.8. The van der Waals surface area contributed by atoms with Gasteiger partial charge in [0.05, 0.1) is 28.6 Å². The van der Waals surface area contributed by atoms with Gasteiger partial charge >= 0.3 is 0 Å². The van der Waals surface area contributed by atoms with Gasteiger partial charge in [0.25, 0.3) is 5.91 Å². The van der Waals surface area contributed by atoms with Gasteiger partial charge in [-0.1, -0.05) is 29.5 Å². The Balaban J connectivity index is 1.53. The SMILES string of the molecule is CN(Cc1nc2ccccc2s1)C(=O)c1cn(-c2ccccc2Br)nn1. The van der Waals surface area contributed by atoms with Crippen LogP contribution < -0.4 is 0 Å². The molecule has 1 amide bonds. The lowest BCUT2D eigenvalue weighted by Crippen LogP contribution is -2.26. The first kappa shape index (κ1) is 16.9. The molecule has 0 aliphatic rings. The number of amides is 1. The van der Waals surface area contributed by atoms with Gasteiger partial charge in [-0.05, 0) is 40.2 Å². The van der Waals surface area contributed by atoms with Crippen LogP contribution in [-0.4, -0.2) is 37.8 Å². The van der Waals surface area contributed by atoms with Gasteiger partial charge in [-0.3, -0.25) is 4.79 Å². The van der Waals surface area contributed by atoms with E-state index in [4.69, 9.17) is 0 Å². The number of halogens is 1. The lowest BCUT2D eigenvalue weighted by atomic mass is 10.3. The molecule has 4 rings (SSSR count). The van der Waals surface area contributed by atoms with Crippen molar-refractivity contribution in [2.24, 2.45) is 0 Å². The summed E-state index contributed by atoms with van der Waals surface area (Å²) in [6.07, 6.45) is 1.64. The Kier molecular flexibility index (Phi) is 4.52. The van der Waals surface area contributed by atoms with Crippen molar-refractivity contribution in [1.82, 2.24) is 24.9 Å². The van der Waals surface area contributed by atoms with Gasteiger partial charge in [0, 0.05) is 11.5 Å². The van der Waals surface area contributed by atoms with Crippen molar-refractivity contribution < 1.29 is 4.79 Å². The van der Waals surface area contributed by atoms with Crippen molar-refractivity contribution in [2.45, 2.75) is 6.54 Å². The van der Waals surface area contributed by atoms with E-state index in [0.717, 1.165) is 25.4 Å². The van der Waals surface area contributed by atoms with Crippen LogP contribution in [0.15, 0.2) is 59.2 Å². The molecule has 6 nitrogen and oxygen atoms in total. The molecule has 0 saturated carbocycles. The zero-order valence-corrected chi connectivity index (χ0v) is 16.2. The minimum Gasteiger partial charge on any atom is -0.333 e. The second-order valence-electron chi connectivity index (χ2n) is 5.74. The normalized spacial score (nSPS) is 11.0. The predicted octanol–water partition coefficient (Wildman–Crippen LogP) is 3.91. The molecule has 0 aliphatic carbocycles. The molecule has 0 atom stereocenters. The van der Waals surface area contributed by atoms with E-state index in [1.807, 2.05) is 48.5 Å². The molecule has 2 aromatic heterocycles. The standard InChI is InChI=1S/C18H14BrN5OS/c1-23(11-17-20-13-7-3-5-9-16(13)26-17)18(25)14-10-24(22-21-14)15-8-4-2-6-12(15)19/h2-10H,11H2,1H3. The van der Waals surface area contributed by atoms with Crippen molar-refractivity contribution in [2.75, 3.05) is 7.05 Å². The maximum Gasteiger partial charge on any atom is 0.276 e. The summed E-state index contributed by atoms with van der Waals surface area (Å²) in [5.41, 5.74) is 2.07. The van der Waals surface area contributed by atoms with E-state index in [0.29, 0.717) is 12.2 Å². The molecule has 0 N–H and O–H groups in total. The Hall–Kier alpha value is -2.58. The number of nitrogens with zero attached hydrogens (tertiary/aromatic N) is 5. The van der Waals surface area contributed by atoms with Crippen LogP contribution in [0.4, 0.5) is 0 Å². The average Bonchev–Trinajstić information content (AvgIpc) is 3.28. The number of aromatic nitrogens is 4. The predicted molar refractivity (Wildman–Crippen MR) is 104 cm³/mol. The molecule has 2 heterocycles. The second kappa shape index (κ2) is 6.97. The molecule has 0 saturated heterocycles. The fourth-order valence-corrected chi connectivity index (χ4v) is 4.06. The first-order valence-corrected chi connectivity index (χ1v) is 9.50. The Morgan fingerprint density at radius 1 is 1.19 bits per heavy atom. The van der Waals surface area contributed by atoms with Gasteiger partial charge in [-0.2, -0.15) is 0 Å². The van der Waals surface area contributed by atoms with Gasteiger partial charge in [0.1, 0.15) is 5.01 Å². The highest BCUT2D eigenvalue weighted by Gasteiger charge is 2.18. The van der Waals surface area contributed by atoms with E-state index in [1.54, 1.807) is 34.2 Å². The fourth-order valence-electron chi connectivity index (χ4n) is 2.57. The molecule has 4 aromatic rings. The lowest BCUT2D eigenvalue weighted by Gasteiger charge is -2.13. The number of para-hydroxylation sites is 2.